The van der Waals surface area contributed by atoms with Gasteiger partial charge in [-0.2, -0.15) is 5.10 Å². The summed E-state index contributed by atoms with van der Waals surface area (Å²) >= 11 is 6.07. The van der Waals surface area contributed by atoms with E-state index >= 15 is 0 Å². The number of hydrazine groups is 1. The van der Waals surface area contributed by atoms with E-state index in [9.17, 15) is 9.59 Å². The Hall–Kier alpha value is -2.12. The normalized spacial score (nSPS) is 14.3. The number of hydrogen-bond donors (Lipinski definition) is 3. The molecular weight excluding hydrogens is 284 g/mol. The highest BCUT2D eigenvalue weighted by molar-refractivity contribution is 6.32. The van der Waals surface area contributed by atoms with Gasteiger partial charge in [-0.1, -0.05) is 11.6 Å². The van der Waals surface area contributed by atoms with E-state index < -0.39 is 5.91 Å². The molecule has 1 aliphatic heterocycles. The third-order valence-electron chi connectivity index (χ3n) is 2.69. The van der Waals surface area contributed by atoms with Crippen molar-refractivity contribution in [1.29, 1.82) is 0 Å². The van der Waals surface area contributed by atoms with E-state index in [0.29, 0.717) is 23.6 Å². The lowest BCUT2D eigenvalue weighted by atomic mass is 10.0. The number of nitrogens with zero attached hydrogens (tertiary/aromatic N) is 1. The molecule has 0 aliphatic carbocycles. The minimum absolute atomic E-state index is 0.104. The zero-order valence-corrected chi connectivity index (χ0v) is 11.2. The summed E-state index contributed by atoms with van der Waals surface area (Å²) in [5, 5.41) is 4.33. The highest BCUT2D eigenvalue weighted by Gasteiger charge is 2.14. The third kappa shape index (κ3) is 3.46. The Balaban J connectivity index is 2.09. The molecule has 0 saturated carbocycles. The first-order valence-corrected chi connectivity index (χ1v) is 6.25. The van der Waals surface area contributed by atoms with Crippen LogP contribution < -0.4 is 21.4 Å². The van der Waals surface area contributed by atoms with Gasteiger partial charge in [-0.05, 0) is 23.8 Å². The van der Waals surface area contributed by atoms with Crippen molar-refractivity contribution >= 4 is 29.1 Å². The van der Waals surface area contributed by atoms with E-state index in [1.807, 2.05) is 5.43 Å². The summed E-state index contributed by atoms with van der Waals surface area (Å²) in [4.78, 5) is 22.0. The summed E-state index contributed by atoms with van der Waals surface area (Å²) in [5.74, 6) is 4.76. The van der Waals surface area contributed by atoms with E-state index in [1.165, 1.54) is 0 Å². The van der Waals surface area contributed by atoms with Crippen LogP contribution in [0.25, 0.3) is 0 Å². The number of nitrogens with one attached hydrogen (secondary N) is 2. The molecule has 1 aromatic carbocycles. The molecule has 1 aliphatic rings. The summed E-state index contributed by atoms with van der Waals surface area (Å²) in [7, 11) is 0. The molecule has 0 atom stereocenters. The Bertz CT molecular complexity index is 574. The average Bonchev–Trinajstić information content (AvgIpc) is 2.46. The minimum atomic E-state index is -0.454. The highest BCUT2D eigenvalue weighted by atomic mass is 35.5. The van der Waals surface area contributed by atoms with Crippen LogP contribution in [0.15, 0.2) is 23.3 Å². The SMILES string of the molecule is NNC(=O)COc1ccc(C2=NNC(=O)CC2)cc1Cl. The summed E-state index contributed by atoms with van der Waals surface area (Å²) in [6.45, 7) is -0.216. The van der Waals surface area contributed by atoms with Gasteiger partial charge in [-0.25, -0.2) is 11.3 Å². The quantitative estimate of drug-likeness (QED) is 0.423. The van der Waals surface area contributed by atoms with Gasteiger partial charge in [0.05, 0.1) is 10.7 Å². The monoisotopic (exact) mass is 296 g/mol. The van der Waals surface area contributed by atoms with Crippen LogP contribution in [0.3, 0.4) is 0 Å². The molecule has 4 N–H and O–H groups in total. The maximum Gasteiger partial charge on any atom is 0.271 e. The van der Waals surface area contributed by atoms with Gasteiger partial charge in [-0.15, -0.1) is 0 Å². The van der Waals surface area contributed by atoms with Crippen LogP contribution in [0.1, 0.15) is 18.4 Å². The summed E-state index contributed by atoms with van der Waals surface area (Å²) in [6.07, 6.45) is 0.948. The molecule has 1 aromatic rings. The highest BCUT2D eigenvalue weighted by Crippen LogP contribution is 2.26. The predicted octanol–water partition coefficient (Wildman–Crippen LogP) is 0.323. The first-order chi connectivity index (χ1) is 9.60. The van der Waals surface area contributed by atoms with Gasteiger partial charge >= 0.3 is 0 Å². The molecule has 0 saturated heterocycles. The number of hydrazone groups is 1. The van der Waals surface area contributed by atoms with Crippen molar-refractivity contribution in [2.75, 3.05) is 6.61 Å². The first kappa shape index (κ1) is 14.3. The largest absolute Gasteiger partial charge is 0.482 e. The van der Waals surface area contributed by atoms with Crippen molar-refractivity contribution < 1.29 is 14.3 Å². The molecular formula is C12H13ClN4O3. The number of carbonyl (C=O) groups excluding carboxylic acids is 2. The Morgan fingerprint density at radius 2 is 2.30 bits per heavy atom. The van der Waals surface area contributed by atoms with Crippen LogP contribution in [-0.4, -0.2) is 24.1 Å². The van der Waals surface area contributed by atoms with Gasteiger partial charge in [0.2, 0.25) is 5.91 Å². The Kier molecular flexibility index (Phi) is 4.54. The molecule has 20 heavy (non-hydrogen) atoms. The van der Waals surface area contributed by atoms with Crippen LogP contribution in [-0.2, 0) is 9.59 Å². The number of hydrogen-bond acceptors (Lipinski definition) is 5. The summed E-state index contributed by atoms with van der Waals surface area (Å²) in [5.41, 5.74) is 5.92. The van der Waals surface area contributed by atoms with E-state index in [4.69, 9.17) is 22.2 Å². The molecule has 0 fully saturated rings. The Morgan fingerprint density at radius 3 is 2.90 bits per heavy atom. The van der Waals surface area contributed by atoms with E-state index in [2.05, 4.69) is 10.5 Å². The van der Waals surface area contributed by atoms with Gasteiger partial charge in [0.25, 0.3) is 5.91 Å². The van der Waals surface area contributed by atoms with Gasteiger partial charge in [0.1, 0.15) is 5.75 Å². The van der Waals surface area contributed by atoms with Crippen LogP contribution in [0.5, 0.6) is 5.75 Å². The second-order valence-corrected chi connectivity index (χ2v) is 4.50. The molecule has 0 spiro atoms. The maximum atomic E-state index is 11.0. The molecule has 2 amide bonds. The number of amides is 2. The lowest BCUT2D eigenvalue weighted by Gasteiger charge is -2.13. The van der Waals surface area contributed by atoms with E-state index in [0.717, 1.165) is 11.3 Å². The third-order valence-corrected chi connectivity index (χ3v) is 2.98. The van der Waals surface area contributed by atoms with Crippen LogP contribution in [0, 0.1) is 0 Å². The number of nitrogens with two attached hydrogens (primary N) is 1. The number of rotatable bonds is 4. The molecule has 2 rings (SSSR count). The van der Waals surface area contributed by atoms with Crippen molar-refractivity contribution in [1.82, 2.24) is 10.9 Å². The van der Waals surface area contributed by atoms with Crippen LogP contribution in [0.2, 0.25) is 5.02 Å². The van der Waals surface area contributed by atoms with Crippen molar-refractivity contribution in [3.63, 3.8) is 0 Å². The molecule has 0 radical (unpaired) electrons. The number of benzene rings is 1. The Morgan fingerprint density at radius 1 is 1.50 bits per heavy atom. The second-order valence-electron chi connectivity index (χ2n) is 4.09. The van der Waals surface area contributed by atoms with Crippen molar-refractivity contribution in [2.24, 2.45) is 10.9 Å². The smallest absolute Gasteiger partial charge is 0.271 e. The molecule has 1 heterocycles. The fourth-order valence-electron chi connectivity index (χ4n) is 1.66. The van der Waals surface area contributed by atoms with Gasteiger partial charge < -0.3 is 4.74 Å². The fourth-order valence-corrected chi connectivity index (χ4v) is 1.90. The van der Waals surface area contributed by atoms with Crippen molar-refractivity contribution in [2.45, 2.75) is 12.8 Å². The molecule has 7 nitrogen and oxygen atoms in total. The molecule has 0 unspecified atom stereocenters. The molecule has 106 valence electrons. The zero-order chi connectivity index (χ0) is 14.5. The predicted molar refractivity (Wildman–Crippen MR) is 73.2 cm³/mol. The van der Waals surface area contributed by atoms with Gasteiger partial charge in [-0.3, -0.25) is 15.0 Å². The van der Waals surface area contributed by atoms with E-state index in [-0.39, 0.29) is 12.5 Å². The minimum Gasteiger partial charge on any atom is -0.482 e. The first-order valence-electron chi connectivity index (χ1n) is 5.87. The molecule has 0 aromatic heterocycles. The average molecular weight is 297 g/mol. The van der Waals surface area contributed by atoms with Crippen LogP contribution in [0.4, 0.5) is 0 Å². The molecule has 0 bridgehead atoms. The zero-order valence-electron chi connectivity index (χ0n) is 10.5. The van der Waals surface area contributed by atoms with Gasteiger partial charge in [0, 0.05) is 12.8 Å². The lowest BCUT2D eigenvalue weighted by Crippen LogP contribution is -2.34. The van der Waals surface area contributed by atoms with E-state index in [1.54, 1.807) is 18.2 Å². The van der Waals surface area contributed by atoms with Gasteiger partial charge in [0.15, 0.2) is 6.61 Å². The Labute approximate surface area is 120 Å². The summed E-state index contributed by atoms with van der Waals surface area (Å²) in [6, 6.07) is 5.08. The number of carbonyl (C=O) groups is 2. The van der Waals surface area contributed by atoms with Crippen LogP contribution >= 0.6 is 11.6 Å². The molecule has 8 heteroatoms. The summed E-state index contributed by atoms with van der Waals surface area (Å²) < 4.78 is 5.22. The number of halogens is 1. The fraction of sp³-hybridized carbons (Fsp3) is 0.250. The van der Waals surface area contributed by atoms with Crippen molar-refractivity contribution in [3.8, 4) is 5.75 Å². The van der Waals surface area contributed by atoms with Crippen molar-refractivity contribution in [3.05, 3.63) is 28.8 Å². The topological polar surface area (TPSA) is 106 Å². The number of ether oxygens (including phenoxy) is 1. The standard InChI is InChI=1S/C12H13ClN4O3/c13-8-5-7(9-2-4-11(18)17-16-9)1-3-10(8)20-6-12(19)15-14/h1,3,5H,2,4,6,14H2,(H,15,19)(H,17,18). The lowest BCUT2D eigenvalue weighted by molar-refractivity contribution is -0.123. The second kappa shape index (κ2) is 6.36. The maximum absolute atomic E-state index is 11.0.